The second kappa shape index (κ2) is 11.2. The van der Waals surface area contributed by atoms with E-state index in [1.165, 1.54) is 0 Å². The number of carbonyl (C=O) groups excluding carboxylic acids is 2. The third-order valence-electron chi connectivity index (χ3n) is 1.02. The van der Waals surface area contributed by atoms with Gasteiger partial charge in [0.15, 0.2) is 0 Å². The molecule has 0 aliphatic heterocycles. The zero-order chi connectivity index (χ0) is 11.7. The topological polar surface area (TPSA) is 87.4 Å². The van der Waals surface area contributed by atoms with E-state index in [0.29, 0.717) is 12.8 Å². The fourth-order valence-corrected chi connectivity index (χ4v) is 0.740. The molecule has 0 heterocycles. The Morgan fingerprint density at radius 2 is 1.00 bits per heavy atom. The first kappa shape index (κ1) is 19.7. The van der Waals surface area contributed by atoms with Crippen LogP contribution in [0, 0.1) is 0 Å². The molecule has 0 radical (unpaired) electrons. The van der Waals surface area contributed by atoms with Gasteiger partial charge in [-0.2, -0.15) is 11.4 Å². The fourth-order valence-electron chi connectivity index (χ4n) is 0.740. The Bertz CT molecular complexity index is 200. The van der Waals surface area contributed by atoms with Gasteiger partial charge in [0, 0.05) is 13.8 Å². The average molecular weight is 257 g/mol. The van der Waals surface area contributed by atoms with Crippen molar-refractivity contribution in [2.45, 2.75) is 40.5 Å². The predicted octanol–water partition coefficient (Wildman–Crippen LogP) is 1.94. The summed E-state index contributed by atoms with van der Waals surface area (Å²) in [4.78, 5) is 16.9. The van der Waals surface area contributed by atoms with Crippen LogP contribution in [0.25, 0.3) is 10.8 Å². The van der Waals surface area contributed by atoms with Crippen LogP contribution in [0.2, 0.25) is 0 Å². The van der Waals surface area contributed by atoms with E-state index < -0.39 is 0 Å². The quantitative estimate of drug-likeness (QED) is 0.418. The standard InChI is InChI=1S/2C5H8NO.Ni/c2*1-4(6)3-5(2)7;/h2*3H2,1-2H3;/q2*-1;+2/p+2. The molecule has 0 unspecified atom stereocenters. The molecule has 0 saturated carbocycles. The summed E-state index contributed by atoms with van der Waals surface area (Å²) < 4.78 is 0. The zero-order valence-electron chi connectivity index (χ0n) is 9.52. The van der Waals surface area contributed by atoms with Gasteiger partial charge in [0.2, 0.25) is 0 Å². The molecule has 0 atom stereocenters. The van der Waals surface area contributed by atoms with Gasteiger partial charge in [-0.05, 0) is 0 Å². The number of nitrogens with zero attached hydrogens (tertiary/aromatic N) is 2. The van der Waals surface area contributed by atoms with Gasteiger partial charge in [-0.15, -0.1) is 0 Å². The summed E-state index contributed by atoms with van der Waals surface area (Å²) >= 11 is 0. The Morgan fingerprint density at radius 3 is 1.00 bits per heavy atom. The number of rotatable bonds is 4. The van der Waals surface area contributed by atoms with Crippen molar-refractivity contribution in [2.24, 2.45) is 0 Å². The molecule has 0 amide bonds. The van der Waals surface area contributed by atoms with Crippen LogP contribution in [0.1, 0.15) is 40.5 Å². The van der Waals surface area contributed by atoms with Gasteiger partial charge in [0.25, 0.3) is 11.6 Å². The van der Waals surface area contributed by atoms with Crippen LogP contribution in [-0.2, 0) is 16.5 Å². The number of ketones is 2. The van der Waals surface area contributed by atoms with Gasteiger partial charge in [-0.25, -0.2) is 0 Å². The summed E-state index contributed by atoms with van der Waals surface area (Å²) in [6.45, 7) is 6.22. The van der Waals surface area contributed by atoms with E-state index in [1.54, 1.807) is 27.7 Å². The molecule has 4 nitrogen and oxygen atoms in total. The molecule has 0 aliphatic rings. The van der Waals surface area contributed by atoms with Crippen LogP contribution in [0.3, 0.4) is 0 Å². The molecule has 2 N–H and O–H groups in total. The Kier molecular flexibility index (Phi) is 14.8. The van der Waals surface area contributed by atoms with E-state index in [1.807, 2.05) is 0 Å². The van der Waals surface area contributed by atoms with E-state index in [2.05, 4.69) is 0 Å². The first-order valence-corrected chi connectivity index (χ1v) is 4.31. The molecule has 88 valence electrons. The molecule has 15 heavy (non-hydrogen) atoms. The fraction of sp³-hybridized carbons (Fsp3) is 0.600. The smallest absolute Gasteiger partial charge is 0.811 e. The van der Waals surface area contributed by atoms with Gasteiger partial charge in [0.05, 0.1) is 12.8 Å². The monoisotopic (exact) mass is 256 g/mol. The van der Waals surface area contributed by atoms with Crippen LogP contribution in [0.5, 0.6) is 0 Å². The number of hydrogen-bond acceptors (Lipinski definition) is 0. The van der Waals surface area contributed by atoms with Crippen molar-refractivity contribution in [1.29, 1.82) is 0 Å². The summed E-state index contributed by atoms with van der Waals surface area (Å²) in [7, 11) is 0. The minimum atomic E-state index is 0. The van der Waals surface area contributed by atoms with Crippen molar-refractivity contribution in [3.63, 3.8) is 0 Å². The minimum Gasteiger partial charge on any atom is -0.811 e. The summed E-state index contributed by atoms with van der Waals surface area (Å²) in [6, 6.07) is 0. The van der Waals surface area contributed by atoms with E-state index in [-0.39, 0.29) is 39.5 Å². The van der Waals surface area contributed by atoms with Gasteiger partial charge in [-0.1, -0.05) is 13.8 Å². The first-order valence-electron chi connectivity index (χ1n) is 4.31. The molecule has 0 bridgehead atoms. The van der Waals surface area contributed by atoms with E-state index in [4.69, 9.17) is 20.4 Å². The van der Waals surface area contributed by atoms with Crippen LogP contribution in [0.4, 0.5) is 0 Å². The molecule has 5 heteroatoms. The maximum atomic E-state index is 8.46. The van der Waals surface area contributed by atoms with E-state index in [9.17, 15) is 0 Å². The van der Waals surface area contributed by atoms with Crippen molar-refractivity contribution in [3.05, 3.63) is 10.8 Å². The second-order valence-corrected chi connectivity index (χ2v) is 3.29. The Labute approximate surface area is 101 Å². The first-order chi connectivity index (χ1) is 6.25. The van der Waals surface area contributed by atoms with Gasteiger partial charge in [-0.3, -0.25) is 9.59 Å². The molecule has 0 saturated heterocycles. The Morgan fingerprint density at radius 1 is 0.800 bits per heavy atom. The van der Waals surface area contributed by atoms with Gasteiger partial charge in [0.1, 0.15) is 0 Å². The molecule has 0 rings (SSSR count). The van der Waals surface area contributed by atoms with Crippen LogP contribution in [0.15, 0.2) is 0 Å². The average Bonchev–Trinajstić information content (AvgIpc) is 1.79. The van der Waals surface area contributed by atoms with Crippen molar-refractivity contribution < 1.29 is 26.1 Å². The van der Waals surface area contributed by atoms with Crippen molar-refractivity contribution >= 4 is 23.0 Å². The largest absolute Gasteiger partial charge is 2.00 e. The molecular weight excluding hydrogens is 239 g/mol. The van der Waals surface area contributed by atoms with Crippen LogP contribution >= 0.6 is 0 Å². The Hall–Kier alpha value is -0.826. The third-order valence-corrected chi connectivity index (χ3v) is 1.02. The predicted molar refractivity (Wildman–Crippen MR) is 62.5 cm³/mol. The zero-order valence-corrected chi connectivity index (χ0v) is 10.5. The van der Waals surface area contributed by atoms with Gasteiger partial charge < -0.3 is 10.8 Å². The summed E-state index contributed by atoms with van der Waals surface area (Å²) in [5.74, 6) is 0.500. The van der Waals surface area contributed by atoms with Crippen molar-refractivity contribution in [3.8, 4) is 0 Å². The van der Waals surface area contributed by atoms with Crippen LogP contribution < -0.4 is 0 Å². The molecule has 0 aromatic carbocycles. The SMILES string of the molecule is CC(=[N-])CC(C)=[OH+].CC(=[N-])CC(C)=[OH+].[Ni+2]. The molecule has 0 fully saturated rings. The van der Waals surface area contributed by atoms with E-state index in [0.717, 1.165) is 0 Å². The van der Waals surface area contributed by atoms with E-state index >= 15 is 0 Å². The molecule has 0 spiro atoms. The molecule has 0 aromatic heterocycles. The normalized spacial score (nSPS) is 7.73. The Balaban J connectivity index is -0.000000180. The molecule has 0 aromatic rings. The minimum absolute atomic E-state index is 0. The third kappa shape index (κ3) is 32.0. The summed E-state index contributed by atoms with van der Waals surface area (Å²) in [5, 5.41) is 16.9. The summed E-state index contributed by atoms with van der Waals surface area (Å²) in [6.07, 6.45) is 0.611. The van der Waals surface area contributed by atoms with Gasteiger partial charge >= 0.3 is 16.5 Å². The second-order valence-electron chi connectivity index (χ2n) is 3.29. The maximum Gasteiger partial charge on any atom is 2.00 e. The van der Waals surface area contributed by atoms with Crippen LogP contribution in [-0.4, -0.2) is 32.6 Å². The van der Waals surface area contributed by atoms with Crippen molar-refractivity contribution in [1.82, 2.24) is 0 Å². The summed E-state index contributed by atoms with van der Waals surface area (Å²) in [5.41, 5.74) is 0.500. The maximum absolute atomic E-state index is 8.46. The molecular formula is C10H18N2NiO2+2. The van der Waals surface area contributed by atoms with Crippen molar-refractivity contribution in [2.75, 3.05) is 0 Å². The molecule has 0 aliphatic carbocycles. The number of hydrogen-bond donors (Lipinski definition) is 0.